The molecule has 1 atom stereocenters. The van der Waals surface area contributed by atoms with Crippen LogP contribution >= 0.6 is 0 Å². The molecule has 21 heavy (non-hydrogen) atoms. The summed E-state index contributed by atoms with van der Waals surface area (Å²) in [6.07, 6.45) is 0. The number of benzene rings is 2. The van der Waals surface area contributed by atoms with Gasteiger partial charge >= 0.3 is 0 Å². The first-order valence-electron chi connectivity index (χ1n) is 7.45. The summed E-state index contributed by atoms with van der Waals surface area (Å²) in [5.41, 5.74) is 6.44. The van der Waals surface area contributed by atoms with Gasteiger partial charge in [-0.15, -0.1) is 0 Å². The van der Waals surface area contributed by atoms with Crippen LogP contribution in [0.4, 0.5) is 0 Å². The first-order chi connectivity index (χ1) is 10.0. The molecule has 0 aliphatic heterocycles. The lowest BCUT2D eigenvalue weighted by molar-refractivity contribution is 0.272. The summed E-state index contributed by atoms with van der Waals surface area (Å²) in [7, 11) is 1.98. The smallest absolute Gasteiger partial charge is 0.119 e. The largest absolute Gasteiger partial charge is 0.492 e. The Morgan fingerprint density at radius 1 is 0.905 bits per heavy atom. The molecule has 2 aromatic carbocycles. The third-order valence-electron chi connectivity index (χ3n) is 4.05. The number of aryl methyl sites for hydroxylation is 4. The van der Waals surface area contributed by atoms with Crippen molar-refractivity contribution >= 4 is 0 Å². The summed E-state index contributed by atoms with van der Waals surface area (Å²) in [6.45, 7) is 9.13. The van der Waals surface area contributed by atoms with Crippen molar-refractivity contribution in [1.82, 2.24) is 5.32 Å². The molecule has 112 valence electrons. The van der Waals surface area contributed by atoms with E-state index in [-0.39, 0.29) is 6.04 Å². The Morgan fingerprint density at radius 2 is 1.62 bits per heavy atom. The van der Waals surface area contributed by atoms with Crippen molar-refractivity contribution in [3.8, 4) is 5.75 Å². The number of ether oxygens (including phenoxy) is 1. The van der Waals surface area contributed by atoms with Gasteiger partial charge in [-0.25, -0.2) is 0 Å². The first-order valence-corrected chi connectivity index (χ1v) is 7.45. The fourth-order valence-electron chi connectivity index (χ4n) is 2.45. The second-order valence-electron chi connectivity index (χ2n) is 5.76. The number of nitrogens with one attached hydrogen (secondary N) is 1. The van der Waals surface area contributed by atoms with Crippen LogP contribution in [-0.2, 0) is 0 Å². The lowest BCUT2D eigenvalue weighted by Gasteiger charge is -2.20. The SMILES string of the molecule is CNC(COc1ccc(C)c(C)c1)c1cc(C)ccc1C. The fraction of sp³-hybridized carbons (Fsp3) is 0.368. The molecule has 0 spiro atoms. The van der Waals surface area contributed by atoms with Crippen LogP contribution in [0.2, 0.25) is 0 Å². The van der Waals surface area contributed by atoms with Gasteiger partial charge in [0.2, 0.25) is 0 Å². The molecule has 2 nitrogen and oxygen atoms in total. The minimum Gasteiger partial charge on any atom is -0.492 e. The van der Waals surface area contributed by atoms with Gasteiger partial charge in [-0.2, -0.15) is 0 Å². The van der Waals surface area contributed by atoms with Crippen LogP contribution in [0.1, 0.15) is 33.9 Å². The van der Waals surface area contributed by atoms with E-state index in [0.717, 1.165) is 5.75 Å². The highest BCUT2D eigenvalue weighted by atomic mass is 16.5. The molecule has 0 saturated heterocycles. The number of likely N-dealkylation sites (N-methyl/N-ethyl adjacent to an activating group) is 1. The summed E-state index contributed by atoms with van der Waals surface area (Å²) in [4.78, 5) is 0. The monoisotopic (exact) mass is 283 g/mol. The maximum absolute atomic E-state index is 5.98. The molecule has 1 N–H and O–H groups in total. The molecule has 2 heteroatoms. The molecule has 0 saturated carbocycles. The predicted octanol–water partition coefficient (Wildman–Crippen LogP) is 4.26. The van der Waals surface area contributed by atoms with Crippen LogP contribution in [-0.4, -0.2) is 13.7 Å². The predicted molar refractivity (Wildman–Crippen MR) is 89.1 cm³/mol. The van der Waals surface area contributed by atoms with E-state index in [9.17, 15) is 0 Å². The molecule has 0 bridgehead atoms. The van der Waals surface area contributed by atoms with E-state index >= 15 is 0 Å². The zero-order valence-electron chi connectivity index (χ0n) is 13.7. The Bertz CT molecular complexity index is 619. The summed E-state index contributed by atoms with van der Waals surface area (Å²) in [5.74, 6) is 0.934. The van der Waals surface area contributed by atoms with Gasteiger partial charge in [-0.1, -0.05) is 29.8 Å². The van der Waals surface area contributed by atoms with E-state index in [1.54, 1.807) is 0 Å². The van der Waals surface area contributed by atoms with Crippen LogP contribution in [0, 0.1) is 27.7 Å². The van der Waals surface area contributed by atoms with Crippen LogP contribution in [0.5, 0.6) is 5.75 Å². The van der Waals surface area contributed by atoms with Crippen molar-refractivity contribution in [2.24, 2.45) is 0 Å². The second kappa shape index (κ2) is 6.77. The second-order valence-corrected chi connectivity index (χ2v) is 5.76. The minimum atomic E-state index is 0.200. The van der Waals surface area contributed by atoms with Gasteiger partial charge in [0.1, 0.15) is 12.4 Å². The number of rotatable bonds is 5. The van der Waals surface area contributed by atoms with Crippen molar-refractivity contribution in [3.63, 3.8) is 0 Å². The summed E-state index contributed by atoms with van der Waals surface area (Å²) in [6, 6.07) is 13.0. The molecule has 0 aliphatic carbocycles. The van der Waals surface area contributed by atoms with Crippen molar-refractivity contribution in [1.29, 1.82) is 0 Å². The van der Waals surface area contributed by atoms with Crippen molar-refractivity contribution in [2.75, 3.05) is 13.7 Å². The maximum atomic E-state index is 5.98. The van der Waals surface area contributed by atoms with Gasteiger partial charge in [0, 0.05) is 0 Å². The van der Waals surface area contributed by atoms with E-state index < -0.39 is 0 Å². The van der Waals surface area contributed by atoms with Gasteiger partial charge in [0.15, 0.2) is 0 Å². The highest BCUT2D eigenvalue weighted by Gasteiger charge is 2.13. The third-order valence-corrected chi connectivity index (χ3v) is 4.05. The van der Waals surface area contributed by atoms with Gasteiger partial charge in [-0.3, -0.25) is 0 Å². The number of hydrogen-bond donors (Lipinski definition) is 1. The highest BCUT2D eigenvalue weighted by Crippen LogP contribution is 2.22. The van der Waals surface area contributed by atoms with E-state index in [1.807, 2.05) is 13.1 Å². The summed E-state index contributed by atoms with van der Waals surface area (Å²) >= 11 is 0. The van der Waals surface area contributed by atoms with Crippen molar-refractivity contribution in [3.05, 3.63) is 64.2 Å². The van der Waals surface area contributed by atoms with Gasteiger partial charge < -0.3 is 10.1 Å². The van der Waals surface area contributed by atoms with E-state index in [1.165, 1.54) is 27.8 Å². The molecule has 0 heterocycles. The first kappa shape index (κ1) is 15.6. The maximum Gasteiger partial charge on any atom is 0.119 e. The molecule has 2 aromatic rings. The molecule has 1 unspecified atom stereocenters. The van der Waals surface area contributed by atoms with E-state index in [0.29, 0.717) is 6.61 Å². The van der Waals surface area contributed by atoms with Gasteiger partial charge in [-0.05, 0) is 69.1 Å². The van der Waals surface area contributed by atoms with Crippen LogP contribution in [0.25, 0.3) is 0 Å². The summed E-state index contributed by atoms with van der Waals surface area (Å²) < 4.78 is 5.98. The average molecular weight is 283 g/mol. The quantitative estimate of drug-likeness (QED) is 0.885. The van der Waals surface area contributed by atoms with E-state index in [4.69, 9.17) is 4.74 Å². The number of hydrogen-bond acceptors (Lipinski definition) is 2. The molecular formula is C19H25NO. The zero-order chi connectivity index (χ0) is 15.4. The lowest BCUT2D eigenvalue weighted by Crippen LogP contribution is -2.24. The molecule has 2 rings (SSSR count). The topological polar surface area (TPSA) is 21.3 Å². The molecular weight excluding hydrogens is 258 g/mol. The van der Waals surface area contributed by atoms with Gasteiger partial charge in [0.25, 0.3) is 0 Å². The van der Waals surface area contributed by atoms with Crippen molar-refractivity contribution < 1.29 is 4.74 Å². The highest BCUT2D eigenvalue weighted by molar-refractivity contribution is 5.35. The Labute approximate surface area is 128 Å². The van der Waals surface area contributed by atoms with Crippen LogP contribution in [0.3, 0.4) is 0 Å². The average Bonchev–Trinajstić information content (AvgIpc) is 2.46. The fourth-order valence-corrected chi connectivity index (χ4v) is 2.45. The Hall–Kier alpha value is -1.80. The minimum absolute atomic E-state index is 0.200. The lowest BCUT2D eigenvalue weighted by atomic mass is 9.99. The molecule has 0 amide bonds. The molecule has 0 aliphatic rings. The summed E-state index contributed by atoms with van der Waals surface area (Å²) in [5, 5.41) is 3.36. The molecule has 0 fully saturated rings. The Morgan fingerprint density at radius 3 is 2.29 bits per heavy atom. The standard InChI is InChI=1S/C19H25NO/c1-13-6-7-15(3)18(10-13)19(20-5)12-21-17-9-8-14(2)16(4)11-17/h6-11,19-20H,12H2,1-5H3. The van der Waals surface area contributed by atoms with Crippen LogP contribution < -0.4 is 10.1 Å². The third kappa shape index (κ3) is 3.85. The Kier molecular flexibility index (Phi) is 5.03. The van der Waals surface area contributed by atoms with Gasteiger partial charge in [0.05, 0.1) is 6.04 Å². The normalized spacial score (nSPS) is 12.2. The van der Waals surface area contributed by atoms with E-state index in [2.05, 4.69) is 63.3 Å². The molecule has 0 aromatic heterocycles. The van der Waals surface area contributed by atoms with Crippen molar-refractivity contribution in [2.45, 2.75) is 33.7 Å². The van der Waals surface area contributed by atoms with Crippen LogP contribution in [0.15, 0.2) is 36.4 Å². The zero-order valence-corrected chi connectivity index (χ0v) is 13.7. The molecule has 0 radical (unpaired) electrons. The Balaban J connectivity index is 2.12.